The number of phenols is 1. The van der Waals surface area contributed by atoms with Crippen LogP contribution in [0.4, 0.5) is 0 Å². The van der Waals surface area contributed by atoms with Gasteiger partial charge < -0.3 is 15.3 Å². The van der Waals surface area contributed by atoms with Gasteiger partial charge in [0.2, 0.25) is 5.91 Å². The summed E-state index contributed by atoms with van der Waals surface area (Å²) in [5, 5.41) is 12.8. The number of hydrogen-bond acceptors (Lipinski definition) is 4. The summed E-state index contributed by atoms with van der Waals surface area (Å²) in [6.45, 7) is 6.27. The minimum Gasteiger partial charge on any atom is -0.508 e. The highest BCUT2D eigenvalue weighted by atomic mass is 16.3. The lowest BCUT2D eigenvalue weighted by Gasteiger charge is -2.35. The summed E-state index contributed by atoms with van der Waals surface area (Å²) in [6.07, 6.45) is 2.17. The second-order valence-corrected chi connectivity index (χ2v) is 5.90. The molecule has 1 atom stereocenters. The number of piperazine rings is 1. The largest absolute Gasteiger partial charge is 0.508 e. The van der Waals surface area contributed by atoms with E-state index in [4.69, 9.17) is 0 Å². The first kappa shape index (κ1) is 16.8. The average molecular weight is 305 g/mol. The summed E-state index contributed by atoms with van der Waals surface area (Å²) in [5.74, 6) is 0.388. The van der Waals surface area contributed by atoms with Crippen LogP contribution in [0.5, 0.6) is 5.75 Å². The summed E-state index contributed by atoms with van der Waals surface area (Å²) in [4.78, 5) is 17.0. The van der Waals surface area contributed by atoms with Gasteiger partial charge in [-0.05, 0) is 37.7 Å². The van der Waals surface area contributed by atoms with E-state index in [0.29, 0.717) is 0 Å². The molecule has 122 valence electrons. The Labute approximate surface area is 132 Å². The van der Waals surface area contributed by atoms with Gasteiger partial charge in [-0.1, -0.05) is 25.5 Å². The fraction of sp³-hybridized carbons (Fsp3) is 0.588. The molecular formula is C17H27N3O2. The summed E-state index contributed by atoms with van der Waals surface area (Å²) in [7, 11) is 2.01. The van der Waals surface area contributed by atoms with Gasteiger partial charge in [0.1, 0.15) is 11.8 Å². The van der Waals surface area contributed by atoms with Gasteiger partial charge in [0, 0.05) is 26.2 Å². The molecule has 5 nitrogen and oxygen atoms in total. The molecule has 2 rings (SSSR count). The van der Waals surface area contributed by atoms with Crippen LogP contribution in [-0.2, 0) is 4.79 Å². The van der Waals surface area contributed by atoms with E-state index in [2.05, 4.69) is 17.1 Å². The minimum absolute atomic E-state index is 0.158. The van der Waals surface area contributed by atoms with Gasteiger partial charge in [-0.25, -0.2) is 0 Å². The Morgan fingerprint density at radius 3 is 2.55 bits per heavy atom. The van der Waals surface area contributed by atoms with Gasteiger partial charge in [-0.15, -0.1) is 0 Å². The number of nitrogens with one attached hydrogen (secondary N) is 1. The summed E-state index contributed by atoms with van der Waals surface area (Å²) < 4.78 is 0. The predicted molar refractivity (Wildman–Crippen MR) is 87.8 cm³/mol. The normalized spacial score (nSPS) is 16.8. The molecule has 1 aromatic rings. The molecule has 1 amide bonds. The molecule has 1 saturated heterocycles. The summed E-state index contributed by atoms with van der Waals surface area (Å²) in [6, 6.07) is 6.73. The molecule has 2 N–H and O–H groups in total. The lowest BCUT2D eigenvalue weighted by atomic mass is 10.0. The second-order valence-electron chi connectivity index (χ2n) is 5.90. The van der Waals surface area contributed by atoms with Crippen LogP contribution in [0, 0.1) is 0 Å². The monoisotopic (exact) mass is 305 g/mol. The van der Waals surface area contributed by atoms with Crippen molar-refractivity contribution in [2.24, 2.45) is 0 Å². The molecule has 0 spiro atoms. The average Bonchev–Trinajstić information content (AvgIpc) is 2.55. The molecule has 1 aromatic carbocycles. The van der Waals surface area contributed by atoms with E-state index >= 15 is 0 Å². The standard InChI is InChI=1S/C17H27N3O2/c1-3-4-11-19(2)16(14-5-7-15(21)8-6-14)17(22)20-12-9-18-10-13-20/h5-8,16,18,21H,3-4,9-13H2,1-2H3. The molecule has 1 aliphatic heterocycles. The van der Waals surface area contributed by atoms with Crippen LogP contribution in [0.25, 0.3) is 0 Å². The van der Waals surface area contributed by atoms with Crippen LogP contribution in [0.2, 0.25) is 0 Å². The molecule has 1 fully saturated rings. The van der Waals surface area contributed by atoms with Gasteiger partial charge in [-0.3, -0.25) is 9.69 Å². The SMILES string of the molecule is CCCCN(C)C(C(=O)N1CCNCC1)c1ccc(O)cc1. The van der Waals surface area contributed by atoms with Crippen molar-refractivity contribution in [3.63, 3.8) is 0 Å². The summed E-state index contributed by atoms with van der Waals surface area (Å²) in [5.41, 5.74) is 0.944. The smallest absolute Gasteiger partial charge is 0.244 e. The van der Waals surface area contributed by atoms with Crippen LogP contribution in [0.15, 0.2) is 24.3 Å². The van der Waals surface area contributed by atoms with Crippen molar-refractivity contribution in [2.75, 3.05) is 39.8 Å². The maximum atomic E-state index is 13.0. The van der Waals surface area contributed by atoms with Crippen LogP contribution < -0.4 is 5.32 Å². The van der Waals surface area contributed by atoms with E-state index in [1.54, 1.807) is 12.1 Å². The van der Waals surface area contributed by atoms with Crippen molar-refractivity contribution in [1.29, 1.82) is 0 Å². The molecule has 1 unspecified atom stereocenters. The molecule has 22 heavy (non-hydrogen) atoms. The number of hydrogen-bond donors (Lipinski definition) is 2. The van der Waals surface area contributed by atoms with Crippen molar-refractivity contribution in [3.8, 4) is 5.75 Å². The summed E-state index contributed by atoms with van der Waals surface area (Å²) >= 11 is 0. The highest BCUT2D eigenvalue weighted by Crippen LogP contribution is 2.24. The fourth-order valence-electron chi connectivity index (χ4n) is 2.84. The number of amides is 1. The lowest BCUT2D eigenvalue weighted by Crippen LogP contribution is -2.50. The number of aromatic hydroxyl groups is 1. The van der Waals surface area contributed by atoms with E-state index in [0.717, 1.165) is 51.1 Å². The zero-order valence-corrected chi connectivity index (χ0v) is 13.6. The maximum Gasteiger partial charge on any atom is 0.244 e. The van der Waals surface area contributed by atoms with Gasteiger partial charge in [0.25, 0.3) is 0 Å². The quantitative estimate of drug-likeness (QED) is 0.838. The first-order chi connectivity index (χ1) is 10.6. The van der Waals surface area contributed by atoms with Crippen molar-refractivity contribution >= 4 is 5.91 Å². The molecule has 0 radical (unpaired) electrons. The number of carbonyl (C=O) groups is 1. The highest BCUT2D eigenvalue weighted by molar-refractivity contribution is 5.83. The molecule has 1 aliphatic rings. The molecule has 5 heteroatoms. The topological polar surface area (TPSA) is 55.8 Å². The Morgan fingerprint density at radius 2 is 1.95 bits per heavy atom. The van der Waals surface area contributed by atoms with Gasteiger partial charge in [-0.2, -0.15) is 0 Å². The Balaban J connectivity index is 2.19. The molecule has 0 bridgehead atoms. The van der Waals surface area contributed by atoms with Crippen LogP contribution in [0.1, 0.15) is 31.4 Å². The number of likely N-dealkylation sites (N-methyl/N-ethyl adjacent to an activating group) is 1. The van der Waals surface area contributed by atoms with Crippen LogP contribution >= 0.6 is 0 Å². The third kappa shape index (κ3) is 4.21. The molecule has 0 aliphatic carbocycles. The first-order valence-corrected chi connectivity index (χ1v) is 8.12. The van der Waals surface area contributed by atoms with Gasteiger partial charge >= 0.3 is 0 Å². The van der Waals surface area contributed by atoms with E-state index in [-0.39, 0.29) is 17.7 Å². The molecule has 1 heterocycles. The van der Waals surface area contributed by atoms with E-state index in [9.17, 15) is 9.90 Å². The maximum absolute atomic E-state index is 13.0. The van der Waals surface area contributed by atoms with Crippen molar-refractivity contribution in [3.05, 3.63) is 29.8 Å². The number of rotatable bonds is 6. The van der Waals surface area contributed by atoms with E-state index in [1.807, 2.05) is 24.1 Å². The second kappa shape index (κ2) is 8.15. The molecular weight excluding hydrogens is 278 g/mol. The zero-order valence-electron chi connectivity index (χ0n) is 13.6. The fourth-order valence-corrected chi connectivity index (χ4v) is 2.84. The Morgan fingerprint density at radius 1 is 1.32 bits per heavy atom. The Kier molecular flexibility index (Phi) is 6.21. The Hall–Kier alpha value is -1.59. The van der Waals surface area contributed by atoms with Crippen molar-refractivity contribution in [1.82, 2.24) is 15.1 Å². The number of benzene rings is 1. The van der Waals surface area contributed by atoms with E-state index in [1.165, 1.54) is 0 Å². The van der Waals surface area contributed by atoms with Gasteiger partial charge in [0.15, 0.2) is 0 Å². The van der Waals surface area contributed by atoms with Gasteiger partial charge in [0.05, 0.1) is 0 Å². The van der Waals surface area contributed by atoms with Crippen molar-refractivity contribution < 1.29 is 9.90 Å². The highest BCUT2D eigenvalue weighted by Gasteiger charge is 2.29. The first-order valence-electron chi connectivity index (χ1n) is 8.12. The minimum atomic E-state index is -0.273. The van der Waals surface area contributed by atoms with E-state index < -0.39 is 0 Å². The molecule has 0 aromatic heterocycles. The zero-order chi connectivity index (χ0) is 15.9. The number of unbranched alkanes of at least 4 members (excludes halogenated alkanes) is 1. The van der Waals surface area contributed by atoms with Crippen LogP contribution in [-0.4, -0.2) is 60.6 Å². The third-order valence-corrected chi connectivity index (χ3v) is 4.18. The third-order valence-electron chi connectivity index (χ3n) is 4.18. The Bertz CT molecular complexity index is 469. The number of phenolic OH excluding ortho intramolecular Hbond substituents is 1. The predicted octanol–water partition coefficient (Wildman–Crippen LogP) is 1.60. The lowest BCUT2D eigenvalue weighted by molar-refractivity contribution is -0.137. The number of carbonyl (C=O) groups excluding carboxylic acids is 1. The van der Waals surface area contributed by atoms with Crippen molar-refractivity contribution in [2.45, 2.75) is 25.8 Å². The number of nitrogens with zero attached hydrogens (tertiary/aromatic N) is 2. The molecule has 0 saturated carbocycles. The van der Waals surface area contributed by atoms with Crippen LogP contribution in [0.3, 0.4) is 0 Å².